The monoisotopic (exact) mass is 236 g/mol. The summed E-state index contributed by atoms with van der Waals surface area (Å²) in [6.45, 7) is 8.09. The van der Waals surface area contributed by atoms with Crippen LogP contribution in [-0.2, 0) is 0 Å². The van der Waals surface area contributed by atoms with Crippen molar-refractivity contribution in [2.45, 2.75) is 20.3 Å². The van der Waals surface area contributed by atoms with Crippen molar-refractivity contribution < 1.29 is 4.39 Å². The van der Waals surface area contributed by atoms with Gasteiger partial charge in [-0.2, -0.15) is 0 Å². The maximum Gasteiger partial charge on any atom is 0.146 e. The second-order valence-corrected chi connectivity index (χ2v) is 4.81. The van der Waals surface area contributed by atoms with Gasteiger partial charge < -0.3 is 10.2 Å². The number of halogens is 1. The van der Waals surface area contributed by atoms with Crippen LogP contribution in [0.3, 0.4) is 0 Å². The van der Waals surface area contributed by atoms with Crippen molar-refractivity contribution in [1.29, 1.82) is 0 Å². The summed E-state index contributed by atoms with van der Waals surface area (Å²) < 4.78 is 13.8. The van der Waals surface area contributed by atoms with E-state index in [1.807, 2.05) is 13.0 Å². The molecule has 1 aromatic rings. The average molecular weight is 236 g/mol. The van der Waals surface area contributed by atoms with Gasteiger partial charge in [-0.05, 0) is 44.0 Å². The summed E-state index contributed by atoms with van der Waals surface area (Å²) >= 11 is 0. The Morgan fingerprint density at radius 2 is 2.29 bits per heavy atom. The van der Waals surface area contributed by atoms with Crippen molar-refractivity contribution in [3.05, 3.63) is 29.6 Å². The molecule has 94 valence electrons. The van der Waals surface area contributed by atoms with Crippen molar-refractivity contribution in [3.63, 3.8) is 0 Å². The van der Waals surface area contributed by atoms with Gasteiger partial charge in [-0.3, -0.25) is 0 Å². The van der Waals surface area contributed by atoms with Crippen LogP contribution in [0.25, 0.3) is 0 Å². The molecule has 2 rings (SSSR count). The molecule has 1 saturated heterocycles. The molecule has 1 aliphatic rings. The van der Waals surface area contributed by atoms with Gasteiger partial charge in [0.1, 0.15) is 5.82 Å². The molecule has 0 saturated carbocycles. The zero-order chi connectivity index (χ0) is 12.3. The largest absolute Gasteiger partial charge is 0.369 e. The molecule has 1 N–H and O–H groups in total. The zero-order valence-corrected chi connectivity index (χ0v) is 10.7. The first kappa shape index (κ1) is 12.4. The van der Waals surface area contributed by atoms with Crippen molar-refractivity contribution >= 4 is 5.69 Å². The number of para-hydroxylation sites is 1. The number of nitrogens with one attached hydrogen (secondary N) is 1. The van der Waals surface area contributed by atoms with Crippen LogP contribution in [0, 0.1) is 18.7 Å². The molecule has 0 aromatic heterocycles. The quantitative estimate of drug-likeness (QED) is 0.864. The van der Waals surface area contributed by atoms with E-state index in [1.54, 1.807) is 12.1 Å². The van der Waals surface area contributed by atoms with E-state index in [0.29, 0.717) is 5.92 Å². The molecule has 17 heavy (non-hydrogen) atoms. The van der Waals surface area contributed by atoms with E-state index in [2.05, 4.69) is 17.1 Å². The Bertz CT molecular complexity index is 358. The average Bonchev–Trinajstić information content (AvgIpc) is 2.75. The van der Waals surface area contributed by atoms with Crippen LogP contribution in [0.4, 0.5) is 10.1 Å². The Hall–Kier alpha value is -1.09. The SMILES string of the molecule is CCNCC1CCN(c2c(C)cccc2F)C1. The van der Waals surface area contributed by atoms with Crippen LogP contribution in [-0.4, -0.2) is 26.2 Å². The lowest BCUT2D eigenvalue weighted by Gasteiger charge is -2.21. The van der Waals surface area contributed by atoms with Crippen molar-refractivity contribution in [2.75, 3.05) is 31.1 Å². The predicted octanol–water partition coefficient (Wildman–Crippen LogP) is 2.57. The van der Waals surface area contributed by atoms with E-state index in [-0.39, 0.29) is 5.82 Å². The van der Waals surface area contributed by atoms with Gasteiger partial charge >= 0.3 is 0 Å². The summed E-state index contributed by atoms with van der Waals surface area (Å²) in [4.78, 5) is 2.19. The summed E-state index contributed by atoms with van der Waals surface area (Å²) in [6.07, 6.45) is 1.15. The van der Waals surface area contributed by atoms with Gasteiger partial charge in [0.2, 0.25) is 0 Å². The van der Waals surface area contributed by atoms with Crippen LogP contribution in [0.1, 0.15) is 18.9 Å². The van der Waals surface area contributed by atoms with Crippen LogP contribution in [0.2, 0.25) is 0 Å². The molecule has 0 spiro atoms. The first-order valence-electron chi connectivity index (χ1n) is 6.43. The van der Waals surface area contributed by atoms with Crippen LogP contribution < -0.4 is 10.2 Å². The number of aryl methyl sites for hydroxylation is 1. The summed E-state index contributed by atoms with van der Waals surface area (Å²) in [6, 6.07) is 5.32. The third-order valence-corrected chi connectivity index (χ3v) is 3.47. The maximum atomic E-state index is 13.8. The fourth-order valence-corrected chi connectivity index (χ4v) is 2.57. The molecule has 2 nitrogen and oxygen atoms in total. The summed E-state index contributed by atoms with van der Waals surface area (Å²) in [5, 5.41) is 3.37. The summed E-state index contributed by atoms with van der Waals surface area (Å²) in [5.74, 6) is 0.558. The van der Waals surface area contributed by atoms with Crippen LogP contribution in [0.5, 0.6) is 0 Å². The fraction of sp³-hybridized carbons (Fsp3) is 0.571. The van der Waals surface area contributed by atoms with Gasteiger partial charge in [-0.25, -0.2) is 4.39 Å². The number of rotatable bonds is 4. The molecule has 1 aromatic carbocycles. The number of anilines is 1. The van der Waals surface area contributed by atoms with Gasteiger partial charge in [0.15, 0.2) is 0 Å². The minimum Gasteiger partial charge on any atom is -0.369 e. The summed E-state index contributed by atoms with van der Waals surface area (Å²) in [7, 11) is 0. The van der Waals surface area contributed by atoms with E-state index in [1.165, 1.54) is 0 Å². The maximum absolute atomic E-state index is 13.8. The highest BCUT2D eigenvalue weighted by atomic mass is 19.1. The number of benzene rings is 1. The minimum atomic E-state index is -0.0888. The van der Waals surface area contributed by atoms with Gasteiger partial charge in [-0.15, -0.1) is 0 Å². The number of nitrogens with zero attached hydrogens (tertiary/aromatic N) is 1. The molecular weight excluding hydrogens is 215 g/mol. The van der Waals surface area contributed by atoms with E-state index in [9.17, 15) is 4.39 Å². The molecule has 1 unspecified atom stereocenters. The van der Waals surface area contributed by atoms with E-state index in [4.69, 9.17) is 0 Å². The zero-order valence-electron chi connectivity index (χ0n) is 10.7. The van der Waals surface area contributed by atoms with Gasteiger partial charge in [0.25, 0.3) is 0 Å². The Balaban J connectivity index is 2.05. The standard InChI is InChI=1S/C14H21FN2/c1-3-16-9-12-7-8-17(10-12)14-11(2)5-4-6-13(14)15/h4-6,12,16H,3,7-10H2,1-2H3. The molecule has 1 fully saturated rings. The Morgan fingerprint density at radius 1 is 1.47 bits per heavy atom. The van der Waals surface area contributed by atoms with Gasteiger partial charge in [0.05, 0.1) is 5.69 Å². The highest BCUT2D eigenvalue weighted by Crippen LogP contribution is 2.29. The Labute approximate surface area is 103 Å². The Morgan fingerprint density at radius 3 is 3.00 bits per heavy atom. The lowest BCUT2D eigenvalue weighted by Crippen LogP contribution is -2.27. The summed E-state index contributed by atoms with van der Waals surface area (Å²) in [5.41, 5.74) is 1.83. The minimum absolute atomic E-state index is 0.0888. The Kier molecular flexibility index (Phi) is 4.00. The molecule has 0 aliphatic carbocycles. The van der Waals surface area contributed by atoms with Crippen LogP contribution >= 0.6 is 0 Å². The predicted molar refractivity (Wildman–Crippen MR) is 70.0 cm³/mol. The van der Waals surface area contributed by atoms with E-state index < -0.39 is 0 Å². The van der Waals surface area contributed by atoms with Crippen molar-refractivity contribution in [3.8, 4) is 0 Å². The molecular formula is C14H21FN2. The fourth-order valence-electron chi connectivity index (χ4n) is 2.57. The lowest BCUT2D eigenvalue weighted by atomic mass is 10.1. The normalized spacial score (nSPS) is 19.9. The van der Waals surface area contributed by atoms with Crippen molar-refractivity contribution in [2.24, 2.45) is 5.92 Å². The van der Waals surface area contributed by atoms with E-state index >= 15 is 0 Å². The van der Waals surface area contributed by atoms with Crippen molar-refractivity contribution in [1.82, 2.24) is 5.32 Å². The topological polar surface area (TPSA) is 15.3 Å². The first-order valence-corrected chi connectivity index (χ1v) is 6.43. The van der Waals surface area contributed by atoms with Crippen LogP contribution in [0.15, 0.2) is 18.2 Å². The third-order valence-electron chi connectivity index (χ3n) is 3.47. The van der Waals surface area contributed by atoms with E-state index in [0.717, 1.165) is 43.9 Å². The smallest absolute Gasteiger partial charge is 0.146 e. The molecule has 0 radical (unpaired) electrons. The van der Waals surface area contributed by atoms with Gasteiger partial charge in [-0.1, -0.05) is 19.1 Å². The second kappa shape index (κ2) is 5.50. The first-order chi connectivity index (χ1) is 8.22. The highest BCUT2D eigenvalue weighted by Gasteiger charge is 2.24. The molecule has 0 bridgehead atoms. The van der Waals surface area contributed by atoms with Gasteiger partial charge in [0, 0.05) is 13.1 Å². The second-order valence-electron chi connectivity index (χ2n) is 4.81. The highest BCUT2D eigenvalue weighted by molar-refractivity contribution is 5.55. The number of hydrogen-bond acceptors (Lipinski definition) is 2. The number of hydrogen-bond donors (Lipinski definition) is 1. The lowest BCUT2D eigenvalue weighted by molar-refractivity contribution is 0.527. The molecule has 1 heterocycles. The molecule has 0 amide bonds. The molecule has 3 heteroatoms. The molecule has 1 aliphatic heterocycles. The third kappa shape index (κ3) is 2.78. The molecule has 1 atom stereocenters.